The van der Waals surface area contributed by atoms with Crippen LogP contribution in [0.2, 0.25) is 0 Å². The molecule has 1 rings (SSSR count). The summed E-state index contributed by atoms with van der Waals surface area (Å²) in [5.41, 5.74) is 3.18. The zero-order chi connectivity index (χ0) is 11.8. The van der Waals surface area contributed by atoms with Gasteiger partial charge in [0.2, 0.25) is 0 Å². The van der Waals surface area contributed by atoms with E-state index in [-0.39, 0.29) is 0 Å². The minimum absolute atomic E-state index is 0.643. The van der Waals surface area contributed by atoms with Gasteiger partial charge in [-0.25, -0.2) is 0 Å². The molecule has 0 spiro atoms. The van der Waals surface area contributed by atoms with E-state index >= 15 is 0 Å². The topological polar surface area (TPSA) is 34.1 Å². The van der Waals surface area contributed by atoms with Gasteiger partial charge in [-0.1, -0.05) is 18.2 Å². The zero-order valence-corrected chi connectivity index (χ0v) is 10.1. The first-order valence-electron chi connectivity index (χ1n) is 5.54. The number of pyridine rings is 1. The molecule has 1 aromatic heterocycles. The van der Waals surface area contributed by atoms with Crippen LogP contribution < -0.4 is 5.32 Å². The Labute approximate surface area is 97.5 Å². The first-order valence-corrected chi connectivity index (χ1v) is 5.54. The molecule has 0 radical (unpaired) electrons. The molecule has 0 atom stereocenters. The first kappa shape index (κ1) is 12.9. The molecule has 0 bridgehead atoms. The third-order valence-electron chi connectivity index (χ3n) is 2.02. The van der Waals surface area contributed by atoms with Gasteiger partial charge in [-0.2, -0.15) is 0 Å². The highest BCUT2D eigenvalue weighted by atomic mass is 16.5. The Morgan fingerprint density at radius 3 is 3.00 bits per heavy atom. The molecule has 0 aliphatic carbocycles. The molecule has 0 aliphatic heterocycles. The first-order chi connectivity index (χ1) is 7.68. The second-order valence-electron chi connectivity index (χ2n) is 3.96. The predicted molar refractivity (Wildman–Crippen MR) is 66.3 cm³/mol. The highest BCUT2D eigenvalue weighted by Gasteiger charge is 1.94. The van der Waals surface area contributed by atoms with Crippen molar-refractivity contribution >= 4 is 0 Å². The van der Waals surface area contributed by atoms with E-state index < -0.39 is 0 Å². The molecule has 0 unspecified atom stereocenters. The maximum absolute atomic E-state index is 5.37. The molecular formula is C13H20N2O. The molecule has 0 aromatic carbocycles. The number of nitrogens with zero attached hydrogens (tertiary/aromatic N) is 1. The summed E-state index contributed by atoms with van der Waals surface area (Å²) in [6, 6.07) is 6.05. The van der Waals surface area contributed by atoms with Crippen LogP contribution in [0.1, 0.15) is 18.3 Å². The Hall–Kier alpha value is -1.19. The van der Waals surface area contributed by atoms with Crippen molar-refractivity contribution in [2.24, 2.45) is 0 Å². The maximum atomic E-state index is 5.37. The number of aryl methyl sites for hydroxylation is 1. The summed E-state index contributed by atoms with van der Waals surface area (Å²) in [5, 5.41) is 3.29. The third-order valence-corrected chi connectivity index (χ3v) is 2.02. The fraction of sp³-hybridized carbons (Fsp3) is 0.462. The Bertz CT molecular complexity index is 336. The maximum Gasteiger partial charge on any atom is 0.0672 e. The van der Waals surface area contributed by atoms with E-state index in [9.17, 15) is 0 Å². The van der Waals surface area contributed by atoms with E-state index in [4.69, 9.17) is 4.74 Å². The number of aromatic nitrogens is 1. The molecule has 0 aliphatic rings. The van der Waals surface area contributed by atoms with Crippen molar-refractivity contribution < 1.29 is 4.74 Å². The molecule has 0 saturated heterocycles. The molecular weight excluding hydrogens is 200 g/mol. The standard InChI is InChI=1S/C13H20N2O/c1-11(2)10-16-8-7-14-9-13-6-4-5-12(3)15-13/h4-6,14H,1,7-10H2,2-3H3. The van der Waals surface area contributed by atoms with E-state index in [1.807, 2.05) is 32.0 Å². The van der Waals surface area contributed by atoms with Crippen LogP contribution in [-0.4, -0.2) is 24.7 Å². The van der Waals surface area contributed by atoms with Crippen LogP contribution in [0.15, 0.2) is 30.4 Å². The van der Waals surface area contributed by atoms with E-state index in [0.29, 0.717) is 13.2 Å². The lowest BCUT2D eigenvalue weighted by molar-refractivity contribution is 0.157. The average Bonchev–Trinajstić information content (AvgIpc) is 2.23. The van der Waals surface area contributed by atoms with Crippen LogP contribution in [0.25, 0.3) is 0 Å². The van der Waals surface area contributed by atoms with Gasteiger partial charge in [0, 0.05) is 18.8 Å². The van der Waals surface area contributed by atoms with Crippen molar-refractivity contribution in [3.05, 3.63) is 41.7 Å². The summed E-state index contributed by atoms with van der Waals surface area (Å²) in [5.74, 6) is 0. The number of ether oxygens (including phenoxy) is 1. The van der Waals surface area contributed by atoms with Crippen LogP contribution >= 0.6 is 0 Å². The smallest absolute Gasteiger partial charge is 0.0672 e. The molecule has 3 heteroatoms. The monoisotopic (exact) mass is 220 g/mol. The zero-order valence-electron chi connectivity index (χ0n) is 10.1. The Morgan fingerprint density at radius 2 is 2.31 bits per heavy atom. The SMILES string of the molecule is C=C(C)COCCNCc1cccc(C)n1. The predicted octanol–water partition coefficient (Wildman–Crippen LogP) is 2.07. The van der Waals surface area contributed by atoms with Crippen molar-refractivity contribution in [1.82, 2.24) is 10.3 Å². The quantitative estimate of drug-likeness (QED) is 0.564. The van der Waals surface area contributed by atoms with Crippen LogP contribution in [0, 0.1) is 6.92 Å². The molecule has 0 fully saturated rings. The second-order valence-corrected chi connectivity index (χ2v) is 3.96. The molecule has 1 N–H and O–H groups in total. The van der Waals surface area contributed by atoms with E-state index in [1.54, 1.807) is 0 Å². The fourth-order valence-corrected chi connectivity index (χ4v) is 1.31. The summed E-state index contributed by atoms with van der Waals surface area (Å²) in [4.78, 5) is 4.40. The second kappa shape index (κ2) is 7.14. The van der Waals surface area contributed by atoms with Gasteiger partial charge in [0.25, 0.3) is 0 Å². The minimum Gasteiger partial charge on any atom is -0.376 e. The molecule has 88 valence electrons. The summed E-state index contributed by atoms with van der Waals surface area (Å²) in [6.45, 7) is 10.7. The van der Waals surface area contributed by atoms with Gasteiger partial charge in [-0.3, -0.25) is 4.98 Å². The summed E-state index contributed by atoms with van der Waals surface area (Å²) >= 11 is 0. The van der Waals surface area contributed by atoms with Gasteiger partial charge in [-0.15, -0.1) is 0 Å². The average molecular weight is 220 g/mol. The molecule has 1 heterocycles. The van der Waals surface area contributed by atoms with Crippen molar-refractivity contribution in [1.29, 1.82) is 0 Å². The van der Waals surface area contributed by atoms with Crippen LogP contribution in [-0.2, 0) is 11.3 Å². The van der Waals surface area contributed by atoms with Crippen molar-refractivity contribution in [3.63, 3.8) is 0 Å². The van der Waals surface area contributed by atoms with Crippen LogP contribution in [0.3, 0.4) is 0 Å². The van der Waals surface area contributed by atoms with Crippen molar-refractivity contribution in [2.45, 2.75) is 20.4 Å². The van der Waals surface area contributed by atoms with Gasteiger partial charge in [-0.05, 0) is 26.0 Å². The van der Waals surface area contributed by atoms with Crippen molar-refractivity contribution in [3.8, 4) is 0 Å². The normalized spacial score (nSPS) is 10.4. The van der Waals surface area contributed by atoms with Gasteiger partial charge in [0.05, 0.1) is 18.9 Å². The van der Waals surface area contributed by atoms with Gasteiger partial charge in [0.1, 0.15) is 0 Å². The van der Waals surface area contributed by atoms with Crippen molar-refractivity contribution in [2.75, 3.05) is 19.8 Å². The number of nitrogens with one attached hydrogen (secondary N) is 1. The van der Waals surface area contributed by atoms with E-state index in [1.165, 1.54) is 0 Å². The van der Waals surface area contributed by atoms with Gasteiger partial charge < -0.3 is 10.1 Å². The molecule has 16 heavy (non-hydrogen) atoms. The van der Waals surface area contributed by atoms with E-state index in [0.717, 1.165) is 30.1 Å². The fourth-order valence-electron chi connectivity index (χ4n) is 1.31. The van der Waals surface area contributed by atoms with Crippen LogP contribution in [0.4, 0.5) is 0 Å². The minimum atomic E-state index is 0.643. The summed E-state index contributed by atoms with van der Waals surface area (Å²) < 4.78 is 5.37. The van der Waals surface area contributed by atoms with Gasteiger partial charge >= 0.3 is 0 Å². The number of hydrogen-bond acceptors (Lipinski definition) is 3. The summed E-state index contributed by atoms with van der Waals surface area (Å²) in [6.07, 6.45) is 0. The number of rotatable bonds is 7. The largest absolute Gasteiger partial charge is 0.376 e. The summed E-state index contributed by atoms with van der Waals surface area (Å²) in [7, 11) is 0. The van der Waals surface area contributed by atoms with E-state index in [2.05, 4.69) is 16.9 Å². The lowest BCUT2D eigenvalue weighted by atomic mass is 10.3. The highest BCUT2D eigenvalue weighted by molar-refractivity contribution is 5.09. The van der Waals surface area contributed by atoms with Gasteiger partial charge in [0.15, 0.2) is 0 Å². The number of hydrogen-bond donors (Lipinski definition) is 1. The molecule has 0 amide bonds. The van der Waals surface area contributed by atoms with Crippen LogP contribution in [0.5, 0.6) is 0 Å². The Balaban J connectivity index is 2.09. The lowest BCUT2D eigenvalue weighted by Gasteiger charge is -2.06. The lowest BCUT2D eigenvalue weighted by Crippen LogP contribution is -2.20. The highest BCUT2D eigenvalue weighted by Crippen LogP contribution is 1.97. The Morgan fingerprint density at radius 1 is 1.50 bits per heavy atom. The molecule has 1 aromatic rings. The molecule has 0 saturated carbocycles. The third kappa shape index (κ3) is 5.63. The molecule has 3 nitrogen and oxygen atoms in total. The Kier molecular flexibility index (Phi) is 5.75.